The predicted molar refractivity (Wildman–Crippen MR) is 141 cm³/mol. The fourth-order valence-corrected chi connectivity index (χ4v) is 5.27. The number of aryl methyl sites for hydroxylation is 1. The Bertz CT molecular complexity index is 1170. The molecule has 1 saturated heterocycles. The van der Waals surface area contributed by atoms with Crippen LogP contribution in [0, 0.1) is 6.92 Å². The first-order chi connectivity index (χ1) is 17.2. The van der Waals surface area contributed by atoms with Crippen LogP contribution in [-0.2, 0) is 11.3 Å². The largest absolute Gasteiger partial charge is 0.396 e. The maximum atomic E-state index is 6.04. The molecule has 1 aliphatic carbocycles. The minimum atomic E-state index is 0.232. The lowest BCUT2D eigenvalue weighted by molar-refractivity contribution is 0.125. The van der Waals surface area contributed by atoms with Crippen LogP contribution in [0.1, 0.15) is 41.3 Å². The van der Waals surface area contributed by atoms with Gasteiger partial charge in [-0.15, -0.1) is 0 Å². The Morgan fingerprint density at radius 2 is 1.80 bits per heavy atom. The number of aromatic nitrogens is 2. The predicted octanol–water partition coefficient (Wildman–Crippen LogP) is 3.78. The summed E-state index contributed by atoms with van der Waals surface area (Å²) >= 11 is 0. The van der Waals surface area contributed by atoms with E-state index in [-0.39, 0.29) is 5.92 Å². The summed E-state index contributed by atoms with van der Waals surface area (Å²) in [7, 11) is 0. The van der Waals surface area contributed by atoms with Gasteiger partial charge in [0.15, 0.2) is 0 Å². The third kappa shape index (κ3) is 5.52. The zero-order chi connectivity index (χ0) is 24.0. The molecule has 2 aromatic carbocycles. The Morgan fingerprint density at radius 1 is 1.03 bits per heavy atom. The molecule has 7 nitrogen and oxygen atoms in total. The fourth-order valence-electron chi connectivity index (χ4n) is 5.27. The molecule has 1 atom stereocenters. The van der Waals surface area contributed by atoms with Crippen LogP contribution in [-0.4, -0.2) is 59.9 Å². The number of nitrogen functional groups attached to an aromatic ring is 1. The third-order valence-corrected chi connectivity index (χ3v) is 6.93. The topological polar surface area (TPSA) is 88.7 Å². The number of oxime groups is 1. The normalized spacial score (nSPS) is 19.5. The number of fused-ring (bicyclic) bond motifs is 1. The van der Waals surface area contributed by atoms with Crippen molar-refractivity contribution in [1.82, 2.24) is 20.2 Å². The SMILES string of the molecule is Cc1nc(N)nc2c1/C(=N/OCCCN1CCNCC1)CC(c1ccccc1-c1ccccc1)C2. The van der Waals surface area contributed by atoms with E-state index in [1.807, 2.05) is 6.92 Å². The Kier molecular flexibility index (Phi) is 7.35. The van der Waals surface area contributed by atoms with E-state index in [4.69, 9.17) is 10.6 Å². The highest BCUT2D eigenvalue weighted by molar-refractivity contribution is 6.03. The molecule has 0 saturated carbocycles. The molecule has 2 heterocycles. The van der Waals surface area contributed by atoms with E-state index in [1.165, 1.54) is 16.7 Å². The van der Waals surface area contributed by atoms with Crippen LogP contribution in [0.3, 0.4) is 0 Å². The van der Waals surface area contributed by atoms with Gasteiger partial charge in [-0.1, -0.05) is 59.8 Å². The van der Waals surface area contributed by atoms with Gasteiger partial charge in [0.25, 0.3) is 0 Å². The quantitative estimate of drug-likeness (QED) is 0.404. The van der Waals surface area contributed by atoms with Gasteiger partial charge in [0.1, 0.15) is 6.61 Å². The molecule has 0 radical (unpaired) electrons. The van der Waals surface area contributed by atoms with Crippen LogP contribution >= 0.6 is 0 Å². The van der Waals surface area contributed by atoms with Gasteiger partial charge in [-0.2, -0.15) is 0 Å². The minimum Gasteiger partial charge on any atom is -0.396 e. The molecule has 1 fully saturated rings. The van der Waals surface area contributed by atoms with Crippen LogP contribution in [0.5, 0.6) is 0 Å². The molecule has 0 amide bonds. The van der Waals surface area contributed by atoms with E-state index < -0.39 is 0 Å². The van der Waals surface area contributed by atoms with E-state index >= 15 is 0 Å². The summed E-state index contributed by atoms with van der Waals surface area (Å²) in [6, 6.07) is 19.2. The Labute approximate surface area is 207 Å². The number of nitrogens with two attached hydrogens (primary N) is 1. The van der Waals surface area contributed by atoms with Gasteiger partial charge in [0.2, 0.25) is 5.95 Å². The summed E-state index contributed by atoms with van der Waals surface area (Å²) in [5, 5.41) is 8.04. The van der Waals surface area contributed by atoms with E-state index in [2.05, 4.69) is 79.9 Å². The van der Waals surface area contributed by atoms with Crippen molar-refractivity contribution >= 4 is 11.7 Å². The van der Waals surface area contributed by atoms with Gasteiger partial charge in [-0.25, -0.2) is 9.97 Å². The van der Waals surface area contributed by atoms with E-state index in [0.717, 1.165) is 74.6 Å². The van der Waals surface area contributed by atoms with Crippen LogP contribution in [0.15, 0.2) is 59.8 Å². The van der Waals surface area contributed by atoms with Gasteiger partial charge in [0.05, 0.1) is 17.1 Å². The van der Waals surface area contributed by atoms with Crippen molar-refractivity contribution in [2.24, 2.45) is 5.16 Å². The van der Waals surface area contributed by atoms with Crippen LogP contribution in [0.4, 0.5) is 5.95 Å². The van der Waals surface area contributed by atoms with Crippen molar-refractivity contribution in [2.75, 3.05) is 45.1 Å². The molecular weight excluding hydrogens is 436 g/mol. The van der Waals surface area contributed by atoms with Crippen LogP contribution < -0.4 is 11.1 Å². The highest BCUT2D eigenvalue weighted by Crippen LogP contribution is 2.38. The van der Waals surface area contributed by atoms with Crippen molar-refractivity contribution in [1.29, 1.82) is 0 Å². The van der Waals surface area contributed by atoms with E-state index in [0.29, 0.717) is 12.6 Å². The average Bonchev–Trinajstić information content (AvgIpc) is 2.89. The Balaban J connectivity index is 1.38. The van der Waals surface area contributed by atoms with Crippen molar-refractivity contribution in [3.05, 3.63) is 77.1 Å². The Morgan fingerprint density at radius 3 is 2.63 bits per heavy atom. The number of hydrogen-bond acceptors (Lipinski definition) is 7. The fraction of sp³-hybridized carbons (Fsp3) is 0.393. The van der Waals surface area contributed by atoms with Gasteiger partial charge in [0, 0.05) is 44.7 Å². The van der Waals surface area contributed by atoms with E-state index in [9.17, 15) is 0 Å². The first-order valence-electron chi connectivity index (χ1n) is 12.6. The zero-order valence-corrected chi connectivity index (χ0v) is 20.4. The zero-order valence-electron chi connectivity index (χ0n) is 20.4. The summed E-state index contributed by atoms with van der Waals surface area (Å²) < 4.78 is 0. The molecule has 35 heavy (non-hydrogen) atoms. The number of rotatable bonds is 7. The molecule has 3 N–H and O–H groups in total. The lowest BCUT2D eigenvalue weighted by Gasteiger charge is -2.28. The number of nitrogens with zero attached hydrogens (tertiary/aromatic N) is 4. The number of hydrogen-bond donors (Lipinski definition) is 2. The lowest BCUT2D eigenvalue weighted by Crippen LogP contribution is -2.43. The molecule has 3 aromatic rings. The van der Waals surface area contributed by atoms with Crippen LogP contribution in [0.2, 0.25) is 0 Å². The first kappa shape index (κ1) is 23.5. The third-order valence-electron chi connectivity index (χ3n) is 6.93. The molecular formula is C28H34N6O. The number of benzene rings is 2. The van der Waals surface area contributed by atoms with Gasteiger partial charge in [-0.3, -0.25) is 0 Å². The number of piperazine rings is 1. The summed E-state index contributed by atoms with van der Waals surface area (Å²) in [6.45, 7) is 7.94. The van der Waals surface area contributed by atoms with Gasteiger partial charge >= 0.3 is 0 Å². The molecule has 7 heteroatoms. The number of anilines is 1. The highest BCUT2D eigenvalue weighted by Gasteiger charge is 2.30. The minimum absolute atomic E-state index is 0.232. The first-order valence-corrected chi connectivity index (χ1v) is 12.6. The Hall–Kier alpha value is -3.29. The molecule has 5 rings (SSSR count). The summed E-state index contributed by atoms with van der Waals surface area (Å²) in [6.07, 6.45) is 2.54. The second-order valence-corrected chi connectivity index (χ2v) is 9.36. The van der Waals surface area contributed by atoms with Crippen molar-refractivity contribution < 1.29 is 4.84 Å². The molecule has 1 aromatic heterocycles. The second-order valence-electron chi connectivity index (χ2n) is 9.36. The summed E-state index contributed by atoms with van der Waals surface area (Å²) in [5.41, 5.74) is 13.5. The van der Waals surface area contributed by atoms with Gasteiger partial charge < -0.3 is 20.8 Å². The molecule has 0 bridgehead atoms. The molecule has 1 aliphatic heterocycles. The van der Waals surface area contributed by atoms with Crippen LogP contribution in [0.25, 0.3) is 11.1 Å². The lowest BCUT2D eigenvalue weighted by atomic mass is 9.78. The molecule has 182 valence electrons. The molecule has 2 aliphatic rings. The number of nitrogens with one attached hydrogen (secondary N) is 1. The summed E-state index contributed by atoms with van der Waals surface area (Å²) in [4.78, 5) is 17.4. The van der Waals surface area contributed by atoms with Crippen molar-refractivity contribution in [3.63, 3.8) is 0 Å². The maximum absolute atomic E-state index is 6.04. The van der Waals surface area contributed by atoms with Crippen molar-refractivity contribution in [3.8, 4) is 11.1 Å². The van der Waals surface area contributed by atoms with Crippen molar-refractivity contribution in [2.45, 2.75) is 32.1 Å². The standard InChI is InChI=1S/C28H34N6O/c1-20-27-25(32-28(29)31-20)18-22(24-11-6-5-10-23(24)21-8-3-2-4-9-21)19-26(27)33-35-17-7-14-34-15-12-30-13-16-34/h2-6,8-11,22,30H,7,12-19H2,1H3,(H2,29,31,32)/b33-26+. The maximum Gasteiger partial charge on any atom is 0.220 e. The molecule has 1 unspecified atom stereocenters. The molecule has 0 spiro atoms. The van der Waals surface area contributed by atoms with E-state index in [1.54, 1.807) is 0 Å². The monoisotopic (exact) mass is 470 g/mol. The summed E-state index contributed by atoms with van der Waals surface area (Å²) in [5.74, 6) is 0.547. The second kappa shape index (κ2) is 11.0. The average molecular weight is 471 g/mol. The smallest absolute Gasteiger partial charge is 0.220 e. The highest BCUT2D eigenvalue weighted by atomic mass is 16.6. The van der Waals surface area contributed by atoms with Gasteiger partial charge in [-0.05, 0) is 42.4 Å².